The third-order valence-corrected chi connectivity index (χ3v) is 7.20. The first-order chi connectivity index (χ1) is 18.2. The van der Waals surface area contributed by atoms with Crippen molar-refractivity contribution in [3.8, 4) is 5.75 Å². The van der Waals surface area contributed by atoms with E-state index >= 15 is 0 Å². The second-order valence-electron chi connectivity index (χ2n) is 8.38. The normalized spacial score (nSPS) is 11.4. The lowest BCUT2D eigenvalue weighted by Crippen LogP contribution is -2.18. The van der Waals surface area contributed by atoms with Crippen LogP contribution in [0.15, 0.2) is 93.5 Å². The molecule has 2 heterocycles. The Kier molecular flexibility index (Phi) is 6.43. The van der Waals surface area contributed by atoms with E-state index in [-0.39, 0.29) is 26.9 Å². The number of H-pyrrole nitrogens is 2. The molecule has 1 amide bonds. The van der Waals surface area contributed by atoms with Crippen LogP contribution in [0.4, 0.5) is 11.4 Å². The number of fused-ring (bicyclic) bond motifs is 2. The number of hydrogen-bond donors (Lipinski definition) is 4. The fourth-order valence-corrected chi connectivity index (χ4v) is 5.13. The molecule has 11 heteroatoms. The number of sulfonamides is 1. The van der Waals surface area contributed by atoms with Gasteiger partial charge >= 0.3 is 0 Å². The fraction of sp³-hybridized carbons (Fsp3) is 0.0741. The molecule has 5 rings (SSSR count). The van der Waals surface area contributed by atoms with Crippen LogP contribution in [0.3, 0.4) is 0 Å². The Morgan fingerprint density at radius 1 is 0.895 bits per heavy atom. The van der Waals surface area contributed by atoms with E-state index in [9.17, 15) is 22.8 Å². The number of hydrogen-bond acceptors (Lipinski definition) is 6. The lowest BCUT2D eigenvalue weighted by molar-refractivity contribution is 0.102. The quantitative estimate of drug-likeness (QED) is 0.251. The number of ether oxygens (including phenoxy) is 1. The number of nitrogens with one attached hydrogen (secondary N) is 4. The summed E-state index contributed by atoms with van der Waals surface area (Å²) in [5.41, 5.74) is 0.102. The molecule has 3 aromatic carbocycles. The molecule has 10 nitrogen and oxygen atoms in total. The number of benzene rings is 3. The second-order valence-corrected chi connectivity index (χ2v) is 10.1. The van der Waals surface area contributed by atoms with Crippen LogP contribution in [-0.4, -0.2) is 30.9 Å². The van der Waals surface area contributed by atoms with Crippen molar-refractivity contribution in [2.45, 2.75) is 11.8 Å². The third kappa shape index (κ3) is 5.00. The van der Waals surface area contributed by atoms with Gasteiger partial charge in [0, 0.05) is 39.9 Å². The fourth-order valence-electron chi connectivity index (χ4n) is 4.05. The highest BCUT2D eigenvalue weighted by Crippen LogP contribution is 2.25. The van der Waals surface area contributed by atoms with Gasteiger partial charge in [-0.3, -0.25) is 19.1 Å². The first-order valence-electron chi connectivity index (χ1n) is 11.6. The largest absolute Gasteiger partial charge is 0.494 e. The minimum Gasteiger partial charge on any atom is -0.494 e. The van der Waals surface area contributed by atoms with Gasteiger partial charge in [-0.2, -0.15) is 0 Å². The molecule has 0 saturated heterocycles. The molecule has 0 saturated carbocycles. The van der Waals surface area contributed by atoms with Crippen molar-refractivity contribution < 1.29 is 17.9 Å². The molecule has 5 aromatic rings. The SMILES string of the molecule is CCOc1ccc(NS(=O)(=O)c2ccc3[nH]c(=O)cc(C(=O)Nc4ccc5cc[nH]c(=O)c5c4)c3c2)cc1. The summed E-state index contributed by atoms with van der Waals surface area (Å²) in [6.45, 7) is 2.33. The second kappa shape index (κ2) is 9.87. The van der Waals surface area contributed by atoms with Gasteiger partial charge in [0.25, 0.3) is 21.5 Å². The molecule has 0 fully saturated rings. The Bertz CT molecular complexity index is 1910. The molecule has 0 unspecified atom stereocenters. The number of aromatic amines is 2. The Balaban J connectivity index is 1.49. The molecular weight excluding hydrogens is 508 g/mol. The standard InChI is InChI=1S/C27H22N4O6S/c1-2-37-19-7-5-17(6-8-19)31-38(35,36)20-9-10-24-22(14-20)23(15-25(32)30-24)27(34)29-18-4-3-16-11-12-28-26(33)21(16)13-18/h3-15,31H,2H2,1H3,(H,28,33)(H,29,34)(H,30,32). The first kappa shape index (κ1) is 24.8. The summed E-state index contributed by atoms with van der Waals surface area (Å²) in [5, 5.41) is 4.00. The molecule has 192 valence electrons. The Morgan fingerprint density at radius 2 is 1.66 bits per heavy atom. The zero-order valence-corrected chi connectivity index (χ0v) is 20.9. The number of anilines is 2. The van der Waals surface area contributed by atoms with Gasteiger partial charge < -0.3 is 20.0 Å². The first-order valence-corrected chi connectivity index (χ1v) is 13.1. The number of aromatic nitrogens is 2. The van der Waals surface area contributed by atoms with Crippen molar-refractivity contribution in [2.24, 2.45) is 0 Å². The molecule has 0 aliphatic carbocycles. The highest BCUT2D eigenvalue weighted by atomic mass is 32.2. The maximum Gasteiger partial charge on any atom is 0.261 e. The van der Waals surface area contributed by atoms with E-state index in [1.807, 2.05) is 6.92 Å². The van der Waals surface area contributed by atoms with Crippen LogP contribution in [0.1, 0.15) is 17.3 Å². The monoisotopic (exact) mass is 530 g/mol. The van der Waals surface area contributed by atoms with Gasteiger partial charge in [0.2, 0.25) is 5.56 Å². The van der Waals surface area contributed by atoms with Crippen molar-refractivity contribution in [3.63, 3.8) is 0 Å². The highest BCUT2D eigenvalue weighted by molar-refractivity contribution is 7.92. The van der Waals surface area contributed by atoms with E-state index in [1.165, 1.54) is 30.5 Å². The minimum atomic E-state index is -4.02. The smallest absolute Gasteiger partial charge is 0.261 e. The van der Waals surface area contributed by atoms with Crippen LogP contribution in [0, 0.1) is 0 Å². The van der Waals surface area contributed by atoms with Crippen LogP contribution in [0.25, 0.3) is 21.7 Å². The van der Waals surface area contributed by atoms with Gasteiger partial charge in [0.1, 0.15) is 5.75 Å². The third-order valence-electron chi connectivity index (χ3n) is 5.82. The van der Waals surface area contributed by atoms with Gasteiger partial charge in [-0.05, 0) is 73.0 Å². The van der Waals surface area contributed by atoms with E-state index in [0.29, 0.717) is 34.5 Å². The zero-order valence-electron chi connectivity index (χ0n) is 20.1. The van der Waals surface area contributed by atoms with E-state index in [1.54, 1.807) is 42.5 Å². The molecule has 0 spiro atoms. The molecule has 0 aliphatic heterocycles. The van der Waals surface area contributed by atoms with E-state index in [0.717, 1.165) is 6.07 Å². The summed E-state index contributed by atoms with van der Waals surface area (Å²) >= 11 is 0. The van der Waals surface area contributed by atoms with Crippen LogP contribution in [-0.2, 0) is 10.0 Å². The number of amides is 1. The number of carbonyl (C=O) groups excluding carboxylic acids is 1. The Morgan fingerprint density at radius 3 is 2.42 bits per heavy atom. The van der Waals surface area contributed by atoms with Crippen molar-refractivity contribution >= 4 is 49.0 Å². The Labute approximate surface area is 216 Å². The minimum absolute atomic E-state index is 0.0241. The number of rotatable bonds is 7. The summed E-state index contributed by atoms with van der Waals surface area (Å²) in [6, 6.07) is 18.2. The lowest BCUT2D eigenvalue weighted by Gasteiger charge is -2.12. The van der Waals surface area contributed by atoms with E-state index in [2.05, 4.69) is 20.0 Å². The van der Waals surface area contributed by atoms with Crippen molar-refractivity contribution in [2.75, 3.05) is 16.6 Å². The molecule has 2 aromatic heterocycles. The summed E-state index contributed by atoms with van der Waals surface area (Å²) in [6.07, 6.45) is 1.53. The van der Waals surface area contributed by atoms with E-state index in [4.69, 9.17) is 4.74 Å². The van der Waals surface area contributed by atoms with Crippen molar-refractivity contribution in [1.82, 2.24) is 9.97 Å². The molecular formula is C27H22N4O6S. The maximum absolute atomic E-state index is 13.2. The average Bonchev–Trinajstić information content (AvgIpc) is 2.89. The van der Waals surface area contributed by atoms with Gasteiger partial charge in [0.15, 0.2) is 0 Å². The predicted molar refractivity (Wildman–Crippen MR) is 146 cm³/mol. The van der Waals surface area contributed by atoms with Gasteiger partial charge in [-0.25, -0.2) is 8.42 Å². The molecule has 0 aliphatic rings. The molecule has 4 N–H and O–H groups in total. The summed E-state index contributed by atoms with van der Waals surface area (Å²) in [4.78, 5) is 42.7. The average molecular weight is 531 g/mol. The van der Waals surface area contributed by atoms with Gasteiger partial charge in [0.05, 0.1) is 17.1 Å². The molecule has 0 radical (unpaired) electrons. The number of pyridine rings is 2. The van der Waals surface area contributed by atoms with Crippen molar-refractivity contribution in [1.29, 1.82) is 0 Å². The number of carbonyl (C=O) groups is 1. The lowest BCUT2D eigenvalue weighted by atomic mass is 10.1. The summed E-state index contributed by atoms with van der Waals surface area (Å²) in [7, 11) is -4.02. The predicted octanol–water partition coefficient (Wildman–Crippen LogP) is 3.82. The molecule has 0 bridgehead atoms. The van der Waals surface area contributed by atoms with Crippen LogP contribution in [0.2, 0.25) is 0 Å². The Hall–Kier alpha value is -4.90. The molecule has 0 atom stereocenters. The topological polar surface area (TPSA) is 150 Å². The summed E-state index contributed by atoms with van der Waals surface area (Å²) in [5.74, 6) is -0.0291. The maximum atomic E-state index is 13.2. The van der Waals surface area contributed by atoms with Gasteiger partial charge in [-0.15, -0.1) is 0 Å². The van der Waals surface area contributed by atoms with E-state index < -0.39 is 21.5 Å². The van der Waals surface area contributed by atoms with Crippen molar-refractivity contribution in [3.05, 3.63) is 105 Å². The van der Waals surface area contributed by atoms with Gasteiger partial charge in [-0.1, -0.05) is 6.07 Å². The summed E-state index contributed by atoms with van der Waals surface area (Å²) < 4.78 is 34.1. The molecule has 38 heavy (non-hydrogen) atoms. The van der Waals surface area contributed by atoms with Crippen LogP contribution >= 0.6 is 0 Å². The van der Waals surface area contributed by atoms with Crippen LogP contribution in [0.5, 0.6) is 5.75 Å². The zero-order chi connectivity index (χ0) is 26.9. The highest BCUT2D eigenvalue weighted by Gasteiger charge is 2.19. The van der Waals surface area contributed by atoms with Crippen LogP contribution < -0.4 is 25.9 Å².